The van der Waals surface area contributed by atoms with Crippen LogP contribution in [0, 0.1) is 46.3 Å². The van der Waals surface area contributed by atoms with Crippen LogP contribution in [0.15, 0.2) is 30.3 Å². The quantitative estimate of drug-likeness (QED) is 0.444. The van der Waals surface area contributed by atoms with E-state index in [0.29, 0.717) is 42.1 Å². The Morgan fingerprint density at radius 3 is 2.46 bits per heavy atom. The van der Waals surface area contributed by atoms with Crippen molar-refractivity contribution < 1.29 is 34.3 Å². The van der Waals surface area contributed by atoms with Crippen molar-refractivity contribution in [3.05, 3.63) is 35.9 Å². The lowest BCUT2D eigenvalue weighted by Crippen LogP contribution is -2.71. The summed E-state index contributed by atoms with van der Waals surface area (Å²) >= 11 is 0. The number of carbonyl (C=O) groups excluding carboxylic acids is 1. The van der Waals surface area contributed by atoms with Gasteiger partial charge in [0.2, 0.25) is 0 Å². The standard InChI is InChI=1S/C34H48O7/c1-19-10-13-34(39-18-19)20(2)29-26(41-34)15-24-22-14-28(36)33(38)16-25(35)27(40-30(37)21-8-6-5-7-9-21)17-32(33,4)23(22)11-12-31(24,29)3/h5-9,19-20,22-29,35-36,38H,10-18H2,1-4H3/t19-,20+,22-,23+,24+,25-,26+,27-,28-,29+,31+,32-,33+,34-/m1/s1. The predicted molar refractivity (Wildman–Crippen MR) is 152 cm³/mol. The van der Waals surface area contributed by atoms with E-state index in [1.54, 1.807) is 24.3 Å². The van der Waals surface area contributed by atoms with Crippen molar-refractivity contribution in [2.75, 3.05) is 6.61 Å². The summed E-state index contributed by atoms with van der Waals surface area (Å²) in [5.74, 6) is 1.17. The summed E-state index contributed by atoms with van der Waals surface area (Å²) < 4.78 is 19.2. The highest BCUT2D eigenvalue weighted by molar-refractivity contribution is 5.89. The van der Waals surface area contributed by atoms with Gasteiger partial charge in [-0.1, -0.05) is 45.9 Å². The Hall–Kier alpha value is -1.51. The molecule has 1 aromatic rings. The molecule has 41 heavy (non-hydrogen) atoms. The molecule has 6 fully saturated rings. The largest absolute Gasteiger partial charge is 0.456 e. The summed E-state index contributed by atoms with van der Waals surface area (Å²) in [5.41, 5.74) is -1.58. The molecule has 3 N–H and O–H groups in total. The number of rotatable bonds is 2. The van der Waals surface area contributed by atoms with Crippen LogP contribution in [0.25, 0.3) is 0 Å². The van der Waals surface area contributed by atoms with Gasteiger partial charge in [0.05, 0.1) is 36.1 Å². The topological polar surface area (TPSA) is 105 Å². The number of ether oxygens (including phenoxy) is 3. The molecule has 0 bridgehead atoms. The Balaban J connectivity index is 1.15. The van der Waals surface area contributed by atoms with Crippen LogP contribution in [0.2, 0.25) is 0 Å². The molecule has 14 atom stereocenters. The van der Waals surface area contributed by atoms with Crippen LogP contribution in [0.5, 0.6) is 0 Å². The maximum Gasteiger partial charge on any atom is 0.338 e. The van der Waals surface area contributed by atoms with E-state index < -0.39 is 41.1 Å². The van der Waals surface area contributed by atoms with E-state index >= 15 is 0 Å². The Kier molecular flexibility index (Phi) is 6.55. The van der Waals surface area contributed by atoms with Crippen molar-refractivity contribution >= 4 is 5.97 Å². The molecule has 4 saturated carbocycles. The molecular weight excluding hydrogens is 520 g/mol. The van der Waals surface area contributed by atoms with Gasteiger partial charge in [-0.3, -0.25) is 0 Å². The average molecular weight is 569 g/mol. The molecule has 0 aromatic heterocycles. The molecule has 7 nitrogen and oxygen atoms in total. The van der Waals surface area contributed by atoms with E-state index in [1.807, 2.05) is 6.07 Å². The molecule has 7 heteroatoms. The van der Waals surface area contributed by atoms with Crippen molar-refractivity contribution in [2.45, 2.75) is 115 Å². The van der Waals surface area contributed by atoms with E-state index in [4.69, 9.17) is 14.2 Å². The molecular formula is C34H48O7. The van der Waals surface area contributed by atoms with Gasteiger partial charge in [-0.25, -0.2) is 4.79 Å². The van der Waals surface area contributed by atoms with Crippen LogP contribution in [0.3, 0.4) is 0 Å². The fraction of sp³-hybridized carbons (Fsp3) is 0.794. The summed E-state index contributed by atoms with van der Waals surface area (Å²) in [5, 5.41) is 34.8. The number of aliphatic hydroxyl groups excluding tert-OH is 2. The molecule has 0 radical (unpaired) electrons. The van der Waals surface area contributed by atoms with Crippen LogP contribution in [-0.2, 0) is 14.2 Å². The molecule has 2 saturated heterocycles. The van der Waals surface area contributed by atoms with Gasteiger partial charge in [0.25, 0.3) is 0 Å². The normalized spacial score (nSPS) is 54.1. The molecule has 4 aliphatic carbocycles. The van der Waals surface area contributed by atoms with E-state index in [2.05, 4.69) is 27.7 Å². The van der Waals surface area contributed by atoms with Crippen molar-refractivity contribution in [3.63, 3.8) is 0 Å². The van der Waals surface area contributed by atoms with Gasteiger partial charge in [0.15, 0.2) is 5.79 Å². The van der Waals surface area contributed by atoms with Crippen LogP contribution in [0.4, 0.5) is 0 Å². The van der Waals surface area contributed by atoms with Gasteiger partial charge in [-0.2, -0.15) is 0 Å². The van der Waals surface area contributed by atoms with E-state index in [-0.39, 0.29) is 29.8 Å². The third-order valence-corrected chi connectivity index (χ3v) is 13.4. The van der Waals surface area contributed by atoms with Crippen LogP contribution in [0.1, 0.15) is 89.4 Å². The molecule has 1 aromatic carbocycles. The van der Waals surface area contributed by atoms with Crippen molar-refractivity contribution in [3.8, 4) is 0 Å². The number of carbonyl (C=O) groups is 1. The fourth-order valence-corrected chi connectivity index (χ4v) is 11.2. The number of hydrogen-bond acceptors (Lipinski definition) is 7. The lowest BCUT2D eigenvalue weighted by Gasteiger charge is -2.66. The van der Waals surface area contributed by atoms with E-state index in [9.17, 15) is 20.1 Å². The van der Waals surface area contributed by atoms with E-state index in [0.717, 1.165) is 38.7 Å². The minimum Gasteiger partial charge on any atom is -0.456 e. The SMILES string of the molecule is C[C@@H]1CC[C@@]2(OC1)O[C@H]1C[C@H]3[C@@H]4C[C@@H](O)[C@@]5(O)C[C@@H](O)[C@H](OC(=O)c6ccccc6)C[C@]5(C)[C@H]4CC[C@]3(C)[C@H]1[C@@H]2C. The summed E-state index contributed by atoms with van der Waals surface area (Å²) in [4.78, 5) is 13.0. The zero-order chi connectivity index (χ0) is 28.9. The first-order valence-electron chi connectivity index (χ1n) is 16.1. The second kappa shape index (κ2) is 9.49. The van der Waals surface area contributed by atoms with Gasteiger partial charge < -0.3 is 29.5 Å². The molecule has 1 spiro atoms. The number of benzene rings is 1. The van der Waals surface area contributed by atoms with Gasteiger partial charge in [0.1, 0.15) is 6.10 Å². The fourth-order valence-electron chi connectivity index (χ4n) is 11.2. The first-order valence-corrected chi connectivity index (χ1v) is 16.1. The lowest BCUT2D eigenvalue weighted by molar-refractivity contribution is -0.286. The summed E-state index contributed by atoms with van der Waals surface area (Å²) in [6.45, 7) is 9.88. The second-order valence-corrected chi connectivity index (χ2v) is 15.3. The number of esters is 1. The Morgan fingerprint density at radius 1 is 1.00 bits per heavy atom. The van der Waals surface area contributed by atoms with Crippen LogP contribution < -0.4 is 0 Å². The highest BCUT2D eigenvalue weighted by Crippen LogP contribution is 2.72. The number of hydrogen-bond donors (Lipinski definition) is 3. The molecule has 226 valence electrons. The van der Waals surface area contributed by atoms with Gasteiger partial charge in [0, 0.05) is 24.2 Å². The molecule has 0 unspecified atom stereocenters. The second-order valence-electron chi connectivity index (χ2n) is 15.3. The summed E-state index contributed by atoms with van der Waals surface area (Å²) in [6.07, 6.45) is 3.37. The van der Waals surface area contributed by atoms with Gasteiger partial charge >= 0.3 is 5.97 Å². The molecule has 7 rings (SSSR count). The maximum atomic E-state index is 13.0. The average Bonchev–Trinajstić information content (AvgIpc) is 3.39. The zero-order valence-corrected chi connectivity index (χ0v) is 25.0. The Morgan fingerprint density at radius 2 is 1.76 bits per heavy atom. The Bertz CT molecular complexity index is 1160. The third-order valence-electron chi connectivity index (χ3n) is 13.4. The first-order chi connectivity index (χ1) is 19.4. The van der Waals surface area contributed by atoms with Gasteiger partial charge in [-0.15, -0.1) is 0 Å². The van der Waals surface area contributed by atoms with Crippen molar-refractivity contribution in [2.24, 2.45) is 46.3 Å². The molecule has 0 amide bonds. The molecule has 6 aliphatic rings. The van der Waals surface area contributed by atoms with Crippen molar-refractivity contribution in [1.82, 2.24) is 0 Å². The summed E-state index contributed by atoms with van der Waals surface area (Å²) in [6, 6.07) is 8.85. The Labute approximate surface area is 243 Å². The number of fused-ring (bicyclic) bond motifs is 7. The highest BCUT2D eigenvalue weighted by Gasteiger charge is 2.72. The highest BCUT2D eigenvalue weighted by atomic mass is 16.7. The van der Waals surface area contributed by atoms with Crippen LogP contribution >= 0.6 is 0 Å². The number of aliphatic hydroxyl groups is 3. The summed E-state index contributed by atoms with van der Waals surface area (Å²) in [7, 11) is 0. The zero-order valence-electron chi connectivity index (χ0n) is 25.0. The van der Waals surface area contributed by atoms with Crippen molar-refractivity contribution in [1.29, 1.82) is 0 Å². The third kappa shape index (κ3) is 3.91. The minimum atomic E-state index is -1.42. The molecule has 2 heterocycles. The first kappa shape index (κ1) is 28.3. The smallest absolute Gasteiger partial charge is 0.338 e. The predicted octanol–water partition coefficient (Wildman–Crippen LogP) is 4.72. The van der Waals surface area contributed by atoms with E-state index in [1.165, 1.54) is 0 Å². The molecule has 2 aliphatic heterocycles. The maximum absolute atomic E-state index is 13.0. The monoisotopic (exact) mass is 568 g/mol. The lowest BCUT2D eigenvalue weighted by atomic mass is 9.42. The minimum absolute atomic E-state index is 0.00618. The van der Waals surface area contributed by atoms with Gasteiger partial charge in [-0.05, 0) is 85.7 Å². The van der Waals surface area contributed by atoms with Crippen LogP contribution in [-0.4, -0.2) is 63.7 Å².